The van der Waals surface area contributed by atoms with Crippen molar-refractivity contribution in [3.8, 4) is 11.8 Å². The number of fused-ring (bicyclic) bond motifs is 1. The van der Waals surface area contributed by atoms with Crippen LogP contribution in [-0.2, 0) is 0 Å². The van der Waals surface area contributed by atoms with E-state index in [0.717, 1.165) is 22.0 Å². The van der Waals surface area contributed by atoms with Gasteiger partial charge in [0.15, 0.2) is 0 Å². The van der Waals surface area contributed by atoms with Crippen LogP contribution in [0.1, 0.15) is 11.1 Å². The topological polar surface area (TPSA) is 25.8 Å². The van der Waals surface area contributed by atoms with Gasteiger partial charge in [0.05, 0.1) is 17.3 Å². The van der Waals surface area contributed by atoms with Crippen LogP contribution in [0.2, 0.25) is 0 Å². The second-order valence-corrected chi connectivity index (χ2v) is 4.32. The van der Waals surface area contributed by atoms with Crippen LogP contribution in [0.5, 0.6) is 0 Å². The van der Waals surface area contributed by atoms with E-state index in [1.54, 1.807) is 17.5 Å². The number of benzene rings is 1. The van der Waals surface area contributed by atoms with Crippen molar-refractivity contribution < 1.29 is 0 Å². The van der Waals surface area contributed by atoms with Crippen molar-refractivity contribution in [3.05, 3.63) is 58.4 Å². The molecule has 0 atom stereocenters. The monoisotopic (exact) mass is 236 g/mol. The predicted octanol–water partition coefficient (Wildman–Crippen LogP) is 3.09. The second-order valence-electron chi connectivity index (χ2n) is 3.54. The van der Waals surface area contributed by atoms with Gasteiger partial charge < -0.3 is 0 Å². The maximum absolute atomic E-state index is 4.07. The third-order valence-corrected chi connectivity index (χ3v) is 3.09. The summed E-state index contributed by atoms with van der Waals surface area (Å²) in [6.45, 7) is 0. The Bertz CT molecular complexity index is 700. The number of hydrogen-bond donors (Lipinski definition) is 0. The normalized spacial score (nSPS) is 9.88. The van der Waals surface area contributed by atoms with Gasteiger partial charge in [0.1, 0.15) is 0 Å². The summed E-state index contributed by atoms with van der Waals surface area (Å²) in [7, 11) is 0. The van der Waals surface area contributed by atoms with E-state index in [9.17, 15) is 0 Å². The van der Waals surface area contributed by atoms with Gasteiger partial charge in [0.25, 0.3) is 0 Å². The number of aromatic nitrogens is 2. The van der Waals surface area contributed by atoms with Crippen molar-refractivity contribution in [3.63, 3.8) is 0 Å². The van der Waals surface area contributed by atoms with Gasteiger partial charge in [-0.05, 0) is 17.5 Å². The van der Waals surface area contributed by atoms with Crippen LogP contribution in [0.4, 0.5) is 0 Å². The van der Waals surface area contributed by atoms with Crippen molar-refractivity contribution in [2.24, 2.45) is 0 Å². The van der Waals surface area contributed by atoms with Gasteiger partial charge in [0, 0.05) is 16.3 Å². The van der Waals surface area contributed by atoms with E-state index in [1.165, 1.54) is 0 Å². The molecule has 0 aliphatic heterocycles. The molecule has 17 heavy (non-hydrogen) atoms. The van der Waals surface area contributed by atoms with E-state index < -0.39 is 0 Å². The Morgan fingerprint density at radius 3 is 2.88 bits per heavy atom. The third kappa shape index (κ3) is 2.03. The first-order valence-electron chi connectivity index (χ1n) is 5.18. The summed E-state index contributed by atoms with van der Waals surface area (Å²) in [5, 5.41) is 13.1. The number of hydrogen-bond acceptors (Lipinski definition) is 3. The van der Waals surface area contributed by atoms with Gasteiger partial charge in [-0.25, -0.2) is 0 Å². The van der Waals surface area contributed by atoms with E-state index in [-0.39, 0.29) is 0 Å². The second kappa shape index (κ2) is 4.36. The van der Waals surface area contributed by atoms with Gasteiger partial charge in [-0.15, -0.1) is 0 Å². The molecule has 0 saturated carbocycles. The standard InChI is InChI=1S/C14H8N2S/c1-2-4-14-13(3-1)12(9-15-16-14)6-5-11-7-8-17-10-11/h1-4,7-10H. The zero-order valence-electron chi connectivity index (χ0n) is 8.92. The lowest BCUT2D eigenvalue weighted by Gasteiger charge is -1.96. The lowest BCUT2D eigenvalue weighted by atomic mass is 10.1. The van der Waals surface area contributed by atoms with Gasteiger partial charge in [-0.1, -0.05) is 30.0 Å². The molecule has 0 radical (unpaired) electrons. The molecule has 0 unspecified atom stereocenters. The molecule has 80 valence electrons. The van der Waals surface area contributed by atoms with E-state index >= 15 is 0 Å². The van der Waals surface area contributed by atoms with Crippen molar-refractivity contribution in [2.75, 3.05) is 0 Å². The van der Waals surface area contributed by atoms with Crippen molar-refractivity contribution in [2.45, 2.75) is 0 Å². The SMILES string of the molecule is C(#Cc1cnnc2ccccc12)c1ccsc1. The molecular formula is C14H8N2S. The number of nitrogens with zero attached hydrogens (tertiary/aromatic N) is 2. The molecule has 3 rings (SSSR count). The smallest absolute Gasteiger partial charge is 0.0942 e. The molecule has 2 nitrogen and oxygen atoms in total. The molecule has 0 aliphatic rings. The lowest BCUT2D eigenvalue weighted by molar-refractivity contribution is 1.07. The van der Waals surface area contributed by atoms with Crippen LogP contribution >= 0.6 is 11.3 Å². The Morgan fingerprint density at radius 2 is 2.00 bits per heavy atom. The Kier molecular flexibility index (Phi) is 2.57. The molecule has 3 aromatic rings. The molecule has 0 spiro atoms. The fourth-order valence-electron chi connectivity index (χ4n) is 1.58. The van der Waals surface area contributed by atoms with Crippen LogP contribution in [0.3, 0.4) is 0 Å². The van der Waals surface area contributed by atoms with Crippen LogP contribution in [-0.4, -0.2) is 10.2 Å². The first kappa shape index (κ1) is 10.0. The average molecular weight is 236 g/mol. The Hall–Kier alpha value is -2.18. The minimum atomic E-state index is 0.879. The summed E-state index contributed by atoms with van der Waals surface area (Å²) in [4.78, 5) is 0. The molecule has 0 aliphatic carbocycles. The minimum absolute atomic E-state index is 0.879. The third-order valence-electron chi connectivity index (χ3n) is 2.41. The first-order chi connectivity index (χ1) is 8.43. The molecule has 0 fully saturated rings. The molecule has 3 heteroatoms. The van der Waals surface area contributed by atoms with Gasteiger partial charge in [-0.3, -0.25) is 0 Å². The minimum Gasteiger partial charge on any atom is -0.157 e. The highest BCUT2D eigenvalue weighted by Gasteiger charge is 1.98. The summed E-state index contributed by atoms with van der Waals surface area (Å²) < 4.78 is 0. The van der Waals surface area contributed by atoms with Gasteiger partial charge in [-0.2, -0.15) is 21.5 Å². The summed E-state index contributed by atoms with van der Waals surface area (Å²) >= 11 is 1.65. The fraction of sp³-hybridized carbons (Fsp3) is 0. The molecule has 0 amide bonds. The summed E-state index contributed by atoms with van der Waals surface area (Å²) in [6, 6.07) is 9.90. The van der Waals surface area contributed by atoms with Crippen molar-refractivity contribution in [1.29, 1.82) is 0 Å². The van der Waals surface area contributed by atoms with E-state index in [1.807, 2.05) is 41.1 Å². The quantitative estimate of drug-likeness (QED) is 0.560. The first-order valence-corrected chi connectivity index (χ1v) is 6.12. The van der Waals surface area contributed by atoms with E-state index in [2.05, 4.69) is 22.0 Å². The summed E-state index contributed by atoms with van der Waals surface area (Å²) in [5.41, 5.74) is 2.84. The number of thiophene rings is 1. The highest BCUT2D eigenvalue weighted by Crippen LogP contribution is 2.14. The van der Waals surface area contributed by atoms with Crippen molar-refractivity contribution in [1.82, 2.24) is 10.2 Å². The Labute approximate surface area is 103 Å². The molecule has 0 N–H and O–H groups in total. The lowest BCUT2D eigenvalue weighted by Crippen LogP contribution is -1.87. The molecule has 2 heterocycles. The maximum Gasteiger partial charge on any atom is 0.0942 e. The Morgan fingerprint density at radius 1 is 1.06 bits per heavy atom. The largest absolute Gasteiger partial charge is 0.157 e. The van der Waals surface area contributed by atoms with E-state index in [4.69, 9.17) is 0 Å². The molecule has 0 saturated heterocycles. The average Bonchev–Trinajstić information content (AvgIpc) is 2.89. The Balaban J connectivity index is 2.12. The van der Waals surface area contributed by atoms with Crippen molar-refractivity contribution >= 4 is 22.2 Å². The zero-order chi connectivity index (χ0) is 11.5. The number of rotatable bonds is 0. The van der Waals surface area contributed by atoms with E-state index in [0.29, 0.717) is 0 Å². The molecule has 0 bridgehead atoms. The van der Waals surface area contributed by atoms with Gasteiger partial charge >= 0.3 is 0 Å². The van der Waals surface area contributed by atoms with Crippen LogP contribution in [0.15, 0.2) is 47.3 Å². The van der Waals surface area contributed by atoms with Crippen LogP contribution in [0, 0.1) is 11.8 Å². The zero-order valence-corrected chi connectivity index (χ0v) is 9.74. The molecule has 1 aromatic carbocycles. The highest BCUT2D eigenvalue weighted by atomic mass is 32.1. The van der Waals surface area contributed by atoms with Gasteiger partial charge in [0.2, 0.25) is 0 Å². The highest BCUT2D eigenvalue weighted by molar-refractivity contribution is 7.08. The maximum atomic E-state index is 4.07. The van der Waals surface area contributed by atoms with Crippen LogP contribution < -0.4 is 0 Å². The predicted molar refractivity (Wildman–Crippen MR) is 69.8 cm³/mol. The molecular weight excluding hydrogens is 228 g/mol. The summed E-state index contributed by atoms with van der Waals surface area (Å²) in [6.07, 6.45) is 1.71. The molecule has 2 aromatic heterocycles. The van der Waals surface area contributed by atoms with Crippen LogP contribution in [0.25, 0.3) is 10.9 Å². The summed E-state index contributed by atoms with van der Waals surface area (Å²) in [5.74, 6) is 6.27. The fourth-order valence-corrected chi connectivity index (χ4v) is 2.17.